The van der Waals surface area contributed by atoms with Crippen LogP contribution in [0.5, 0.6) is 5.75 Å². The third kappa shape index (κ3) is 2.07. The lowest BCUT2D eigenvalue weighted by Gasteiger charge is -2.04. The van der Waals surface area contributed by atoms with E-state index in [1.807, 2.05) is 0 Å². The molecule has 12 heavy (non-hydrogen) atoms. The molecule has 1 aromatic heterocycles. The Bertz CT molecular complexity index is 285. The van der Waals surface area contributed by atoms with Crippen molar-refractivity contribution in [3.05, 3.63) is 23.2 Å². The second-order valence-corrected chi connectivity index (χ2v) is 2.22. The lowest BCUT2D eigenvalue weighted by atomic mass is 10.2. The molecule has 0 spiro atoms. The van der Waals surface area contributed by atoms with Crippen LogP contribution in [0.3, 0.4) is 0 Å². The summed E-state index contributed by atoms with van der Waals surface area (Å²) < 4.78 is 17.1. The maximum Gasteiger partial charge on any atom is 0.707 e. The van der Waals surface area contributed by atoms with Crippen LogP contribution in [0.2, 0.25) is 5.15 Å². The molecule has 4 nitrogen and oxygen atoms in total. The summed E-state index contributed by atoms with van der Waals surface area (Å²) in [6.45, 7) is 0. The van der Waals surface area contributed by atoms with Gasteiger partial charge in [-0.05, 0) is 6.07 Å². The van der Waals surface area contributed by atoms with E-state index in [9.17, 15) is 4.39 Å². The molecule has 0 amide bonds. The van der Waals surface area contributed by atoms with Gasteiger partial charge in [0.1, 0.15) is 5.75 Å². The van der Waals surface area contributed by atoms with Crippen molar-refractivity contribution in [1.82, 2.24) is 4.98 Å². The molecule has 0 atom stereocenters. The predicted molar refractivity (Wildman–Crippen MR) is 40.0 cm³/mol. The van der Waals surface area contributed by atoms with E-state index < -0.39 is 13.1 Å². The Kier molecular flexibility index (Phi) is 2.85. The van der Waals surface area contributed by atoms with Crippen molar-refractivity contribution in [2.45, 2.75) is 0 Å². The summed E-state index contributed by atoms with van der Waals surface area (Å²) in [5.41, 5.74) is 0. The zero-order valence-corrected chi connectivity index (χ0v) is 6.49. The number of nitrogens with zero attached hydrogens (tertiary/aromatic N) is 1. The zero-order valence-electron chi connectivity index (χ0n) is 5.74. The summed E-state index contributed by atoms with van der Waals surface area (Å²) >= 11 is 5.27. The van der Waals surface area contributed by atoms with Gasteiger partial charge in [0.2, 0.25) is 5.82 Å². The summed E-state index contributed by atoms with van der Waals surface area (Å²) in [5.74, 6) is -1.28. The fraction of sp³-hybridized carbons (Fsp3) is 0. The van der Waals surface area contributed by atoms with Crippen LogP contribution in [-0.2, 0) is 0 Å². The van der Waals surface area contributed by atoms with Crippen LogP contribution in [0.4, 0.5) is 4.39 Å². The molecule has 2 N–H and O–H groups in total. The van der Waals surface area contributed by atoms with E-state index >= 15 is 0 Å². The largest absolute Gasteiger partial charge is 0.707 e. The van der Waals surface area contributed by atoms with Crippen molar-refractivity contribution in [2.75, 3.05) is 0 Å². The smallest absolute Gasteiger partial charge is 0.509 e. The lowest BCUT2D eigenvalue weighted by molar-refractivity contribution is 0.281. The Morgan fingerprint density at radius 3 is 2.83 bits per heavy atom. The van der Waals surface area contributed by atoms with Crippen LogP contribution < -0.4 is 4.65 Å². The van der Waals surface area contributed by atoms with E-state index in [-0.39, 0.29) is 10.9 Å². The van der Waals surface area contributed by atoms with Gasteiger partial charge >= 0.3 is 7.32 Å². The van der Waals surface area contributed by atoms with Crippen LogP contribution in [0, 0.1) is 5.82 Å². The number of hydrogen-bond donors (Lipinski definition) is 2. The first-order valence-electron chi connectivity index (χ1n) is 2.94. The highest BCUT2D eigenvalue weighted by atomic mass is 35.5. The van der Waals surface area contributed by atoms with Crippen molar-refractivity contribution < 1.29 is 19.1 Å². The highest BCUT2D eigenvalue weighted by molar-refractivity contribution is 6.34. The molecule has 0 aromatic carbocycles. The zero-order chi connectivity index (χ0) is 9.14. The van der Waals surface area contributed by atoms with E-state index in [2.05, 4.69) is 9.64 Å². The summed E-state index contributed by atoms with van der Waals surface area (Å²) in [4.78, 5) is 3.39. The number of rotatable bonds is 2. The van der Waals surface area contributed by atoms with Crippen LogP contribution in [0.1, 0.15) is 0 Å². The van der Waals surface area contributed by atoms with Crippen LogP contribution in [0.15, 0.2) is 12.3 Å². The van der Waals surface area contributed by atoms with E-state index in [0.29, 0.717) is 0 Å². The number of pyridine rings is 1. The Morgan fingerprint density at radius 2 is 2.25 bits per heavy atom. The molecule has 0 unspecified atom stereocenters. The summed E-state index contributed by atoms with van der Waals surface area (Å²) in [6, 6.07) is 1.13. The van der Waals surface area contributed by atoms with Crippen molar-refractivity contribution in [3.63, 3.8) is 0 Å². The number of halogens is 2. The molecule has 64 valence electrons. The van der Waals surface area contributed by atoms with Gasteiger partial charge in [0, 0.05) is 6.20 Å². The molecule has 0 aliphatic heterocycles. The van der Waals surface area contributed by atoms with Gasteiger partial charge in [-0.2, -0.15) is 4.39 Å². The standard InChI is InChI=1S/C5H4BClFNO3/c7-5-4(8)3(1-2-9-5)12-6(10)11/h1-2,10-11H. The van der Waals surface area contributed by atoms with Gasteiger partial charge in [-0.25, -0.2) is 4.98 Å². The molecule has 0 saturated heterocycles. The Balaban J connectivity index is 2.92. The van der Waals surface area contributed by atoms with Crippen molar-refractivity contribution in [1.29, 1.82) is 0 Å². The third-order valence-electron chi connectivity index (χ3n) is 1.04. The molecular formula is C5H4BClFNO3. The molecule has 1 rings (SSSR count). The van der Waals surface area contributed by atoms with E-state index in [1.165, 1.54) is 6.20 Å². The Hall–Kier alpha value is -0.845. The minimum Gasteiger partial charge on any atom is -0.509 e. The average Bonchev–Trinajstić information content (AvgIpc) is 1.98. The molecule has 0 saturated carbocycles. The van der Waals surface area contributed by atoms with Gasteiger partial charge < -0.3 is 14.7 Å². The van der Waals surface area contributed by atoms with Gasteiger partial charge in [-0.15, -0.1) is 0 Å². The highest BCUT2D eigenvalue weighted by Gasteiger charge is 2.16. The average molecular weight is 191 g/mol. The van der Waals surface area contributed by atoms with Gasteiger partial charge in [0.05, 0.1) is 0 Å². The first kappa shape index (κ1) is 9.24. The fourth-order valence-corrected chi connectivity index (χ4v) is 0.756. The second kappa shape index (κ2) is 3.71. The van der Waals surface area contributed by atoms with Crippen molar-refractivity contribution in [2.24, 2.45) is 0 Å². The quantitative estimate of drug-likeness (QED) is 0.519. The van der Waals surface area contributed by atoms with E-state index in [0.717, 1.165) is 6.07 Å². The summed E-state index contributed by atoms with van der Waals surface area (Å²) in [7, 11) is -2.07. The monoisotopic (exact) mass is 191 g/mol. The minimum absolute atomic E-state index is 0.356. The molecule has 1 heterocycles. The first-order valence-corrected chi connectivity index (χ1v) is 3.32. The molecule has 0 bridgehead atoms. The molecule has 0 fully saturated rings. The maximum absolute atomic E-state index is 12.8. The minimum atomic E-state index is -2.07. The van der Waals surface area contributed by atoms with Crippen molar-refractivity contribution in [3.8, 4) is 5.75 Å². The van der Waals surface area contributed by atoms with Crippen LogP contribution in [0.25, 0.3) is 0 Å². The topological polar surface area (TPSA) is 62.6 Å². The Labute approximate surface area is 72.7 Å². The van der Waals surface area contributed by atoms with Crippen molar-refractivity contribution >= 4 is 18.9 Å². The predicted octanol–water partition coefficient (Wildman–Crippen LogP) is 0.222. The lowest BCUT2D eigenvalue weighted by Crippen LogP contribution is -2.21. The van der Waals surface area contributed by atoms with Gasteiger partial charge in [0.25, 0.3) is 0 Å². The van der Waals surface area contributed by atoms with Crippen LogP contribution >= 0.6 is 11.6 Å². The molecule has 1 aromatic rings. The molecule has 0 aliphatic carbocycles. The number of aromatic nitrogens is 1. The molecule has 7 heteroatoms. The summed E-state index contributed by atoms with van der Waals surface area (Å²) in [5, 5.41) is 16.3. The Morgan fingerprint density at radius 1 is 1.58 bits per heavy atom. The van der Waals surface area contributed by atoms with Gasteiger partial charge in [-0.1, -0.05) is 11.6 Å². The van der Waals surface area contributed by atoms with Gasteiger partial charge in [-0.3, -0.25) is 0 Å². The molecule has 0 aliphatic rings. The highest BCUT2D eigenvalue weighted by Crippen LogP contribution is 2.21. The second-order valence-electron chi connectivity index (χ2n) is 1.86. The molecule has 0 radical (unpaired) electrons. The van der Waals surface area contributed by atoms with E-state index in [4.69, 9.17) is 21.6 Å². The maximum atomic E-state index is 12.8. The van der Waals surface area contributed by atoms with Gasteiger partial charge in [0.15, 0.2) is 5.15 Å². The summed E-state index contributed by atoms with van der Waals surface area (Å²) in [6.07, 6.45) is 1.18. The third-order valence-corrected chi connectivity index (χ3v) is 1.31. The van der Waals surface area contributed by atoms with Crippen LogP contribution in [-0.4, -0.2) is 22.4 Å². The molecular weight excluding hydrogens is 187 g/mol. The first-order chi connectivity index (χ1) is 5.61. The normalized spacial score (nSPS) is 9.67. The SMILES string of the molecule is OB(O)Oc1ccnc(Cl)c1F. The number of hydrogen-bond acceptors (Lipinski definition) is 4. The fourth-order valence-electron chi connectivity index (χ4n) is 0.606. The van der Waals surface area contributed by atoms with E-state index in [1.54, 1.807) is 0 Å².